The van der Waals surface area contributed by atoms with E-state index in [4.69, 9.17) is 16.3 Å². The van der Waals surface area contributed by atoms with Gasteiger partial charge in [0.1, 0.15) is 6.61 Å². The van der Waals surface area contributed by atoms with Gasteiger partial charge in [-0.1, -0.05) is 18.5 Å². The zero-order valence-corrected chi connectivity index (χ0v) is 11.4. The van der Waals surface area contributed by atoms with E-state index in [-0.39, 0.29) is 23.1 Å². The summed E-state index contributed by atoms with van der Waals surface area (Å²) in [4.78, 5) is 10.2. The Morgan fingerprint density at radius 3 is 2.82 bits per heavy atom. The molecular formula is C10H11BrClNO4. The van der Waals surface area contributed by atoms with E-state index in [1.165, 1.54) is 12.1 Å². The number of rotatable bonds is 5. The third kappa shape index (κ3) is 3.83. The minimum atomic E-state index is -0.655. The van der Waals surface area contributed by atoms with Crippen LogP contribution in [0.4, 0.5) is 5.69 Å². The standard InChI is InChI=1S/C10H11BrClNO4/c1-2-7(14)5-17-10-8(11)3-6(12)4-9(10)13(15)16/h3-4,7,14H,2,5H2,1H3. The Hall–Kier alpha value is -0.850. The number of nitro groups is 1. The SMILES string of the molecule is CCC(O)COc1c(Br)cc(Cl)cc1[N+](=O)[O-]. The topological polar surface area (TPSA) is 72.6 Å². The molecule has 1 rings (SSSR count). The maximum absolute atomic E-state index is 10.8. The number of ether oxygens (including phenoxy) is 1. The molecule has 0 bridgehead atoms. The van der Waals surface area contributed by atoms with Crippen LogP contribution in [0.5, 0.6) is 5.75 Å². The molecule has 0 saturated heterocycles. The Balaban J connectivity index is 3.00. The van der Waals surface area contributed by atoms with Crippen molar-refractivity contribution in [1.29, 1.82) is 0 Å². The maximum atomic E-state index is 10.8. The van der Waals surface area contributed by atoms with Gasteiger partial charge in [-0.25, -0.2) is 0 Å². The average molecular weight is 325 g/mol. The lowest BCUT2D eigenvalue weighted by Crippen LogP contribution is -2.16. The Morgan fingerprint density at radius 2 is 2.29 bits per heavy atom. The second kappa shape index (κ2) is 6.18. The van der Waals surface area contributed by atoms with E-state index in [0.717, 1.165) is 0 Å². The van der Waals surface area contributed by atoms with Gasteiger partial charge in [0, 0.05) is 11.1 Å². The molecule has 1 atom stereocenters. The molecule has 0 radical (unpaired) electrons. The molecule has 1 aromatic rings. The maximum Gasteiger partial charge on any atom is 0.313 e. The van der Waals surface area contributed by atoms with Crippen LogP contribution < -0.4 is 4.74 Å². The van der Waals surface area contributed by atoms with Gasteiger partial charge in [-0.15, -0.1) is 0 Å². The van der Waals surface area contributed by atoms with E-state index >= 15 is 0 Å². The molecule has 0 amide bonds. The number of hydrogen-bond donors (Lipinski definition) is 1. The van der Waals surface area contributed by atoms with Crippen molar-refractivity contribution in [1.82, 2.24) is 0 Å². The quantitative estimate of drug-likeness (QED) is 0.667. The molecule has 5 nitrogen and oxygen atoms in total. The fourth-order valence-corrected chi connectivity index (χ4v) is 2.03. The highest BCUT2D eigenvalue weighted by molar-refractivity contribution is 9.10. The van der Waals surface area contributed by atoms with E-state index in [1.54, 1.807) is 6.92 Å². The van der Waals surface area contributed by atoms with Gasteiger partial charge in [-0.3, -0.25) is 10.1 Å². The predicted octanol–water partition coefficient (Wildman–Crippen LogP) is 3.16. The highest BCUT2D eigenvalue weighted by atomic mass is 79.9. The molecule has 0 heterocycles. The van der Waals surface area contributed by atoms with Crippen molar-refractivity contribution in [3.63, 3.8) is 0 Å². The molecule has 0 fully saturated rings. The highest BCUT2D eigenvalue weighted by Crippen LogP contribution is 2.37. The zero-order chi connectivity index (χ0) is 13.0. The van der Waals surface area contributed by atoms with E-state index in [2.05, 4.69) is 15.9 Å². The van der Waals surface area contributed by atoms with Crippen molar-refractivity contribution in [2.75, 3.05) is 6.61 Å². The summed E-state index contributed by atoms with van der Waals surface area (Å²) in [5, 5.41) is 20.4. The summed E-state index contributed by atoms with van der Waals surface area (Å²) in [6.45, 7) is 1.79. The van der Waals surface area contributed by atoms with Crippen LogP contribution in [0.2, 0.25) is 5.02 Å². The lowest BCUT2D eigenvalue weighted by atomic mass is 10.3. The predicted molar refractivity (Wildman–Crippen MR) is 67.6 cm³/mol. The molecule has 1 N–H and O–H groups in total. The second-order valence-corrected chi connectivity index (χ2v) is 4.66. The first-order valence-corrected chi connectivity index (χ1v) is 6.07. The first-order chi connectivity index (χ1) is 7.95. The summed E-state index contributed by atoms with van der Waals surface area (Å²) in [5.74, 6) is 0.0758. The molecule has 1 aromatic carbocycles. The Bertz CT molecular complexity index is 427. The Morgan fingerprint density at radius 1 is 1.65 bits per heavy atom. The van der Waals surface area contributed by atoms with Crippen molar-refractivity contribution >= 4 is 33.2 Å². The van der Waals surface area contributed by atoms with Gasteiger partial charge in [0.2, 0.25) is 5.75 Å². The lowest BCUT2D eigenvalue weighted by Gasteiger charge is -2.12. The molecular weight excluding hydrogens is 313 g/mol. The summed E-state index contributed by atoms with van der Waals surface area (Å²) < 4.78 is 5.63. The minimum Gasteiger partial charge on any atom is -0.483 e. The van der Waals surface area contributed by atoms with Crippen molar-refractivity contribution in [3.05, 3.63) is 31.7 Å². The molecule has 0 saturated carbocycles. The van der Waals surface area contributed by atoms with Crippen molar-refractivity contribution in [2.45, 2.75) is 19.4 Å². The van der Waals surface area contributed by atoms with E-state index < -0.39 is 11.0 Å². The zero-order valence-electron chi connectivity index (χ0n) is 9.02. The number of hydrogen-bond acceptors (Lipinski definition) is 4. The number of nitro benzene ring substituents is 1. The van der Waals surface area contributed by atoms with Crippen LogP contribution in [0, 0.1) is 10.1 Å². The summed E-state index contributed by atoms with van der Waals surface area (Å²) >= 11 is 8.86. The highest BCUT2D eigenvalue weighted by Gasteiger charge is 2.20. The molecule has 7 heteroatoms. The van der Waals surface area contributed by atoms with Gasteiger partial charge in [0.25, 0.3) is 0 Å². The van der Waals surface area contributed by atoms with Crippen LogP contribution >= 0.6 is 27.5 Å². The first-order valence-electron chi connectivity index (χ1n) is 4.90. The minimum absolute atomic E-state index is 0.00241. The number of aliphatic hydroxyl groups excluding tert-OH is 1. The number of nitrogens with zero attached hydrogens (tertiary/aromatic N) is 1. The Kier molecular flexibility index (Phi) is 5.17. The van der Waals surface area contributed by atoms with E-state index in [0.29, 0.717) is 10.9 Å². The van der Waals surface area contributed by atoms with Gasteiger partial charge in [-0.05, 0) is 28.4 Å². The summed E-state index contributed by atoms with van der Waals surface area (Å²) in [6.07, 6.45) is -0.142. The second-order valence-electron chi connectivity index (χ2n) is 3.37. The fraction of sp³-hybridized carbons (Fsp3) is 0.400. The molecule has 94 valence electrons. The van der Waals surface area contributed by atoms with Crippen molar-refractivity contribution < 1.29 is 14.8 Å². The molecule has 0 aliphatic heterocycles. The van der Waals surface area contributed by atoms with Gasteiger partial charge in [0.05, 0.1) is 15.5 Å². The lowest BCUT2D eigenvalue weighted by molar-refractivity contribution is -0.386. The summed E-state index contributed by atoms with van der Waals surface area (Å²) in [5.41, 5.74) is -0.229. The van der Waals surface area contributed by atoms with Crippen molar-refractivity contribution in [2.24, 2.45) is 0 Å². The van der Waals surface area contributed by atoms with Gasteiger partial charge >= 0.3 is 5.69 Å². The number of benzene rings is 1. The molecule has 0 aliphatic carbocycles. The van der Waals surface area contributed by atoms with Crippen LogP contribution in [0.1, 0.15) is 13.3 Å². The van der Waals surface area contributed by atoms with Crippen LogP contribution in [-0.2, 0) is 0 Å². The number of halogens is 2. The normalized spacial score (nSPS) is 12.2. The third-order valence-corrected chi connectivity index (χ3v) is 2.88. The van der Waals surface area contributed by atoms with Gasteiger partial charge < -0.3 is 9.84 Å². The van der Waals surface area contributed by atoms with E-state index in [9.17, 15) is 15.2 Å². The first kappa shape index (κ1) is 14.2. The molecule has 0 aliphatic rings. The van der Waals surface area contributed by atoms with Crippen LogP contribution in [0.25, 0.3) is 0 Å². The summed E-state index contributed by atoms with van der Waals surface area (Å²) in [7, 11) is 0. The van der Waals surface area contributed by atoms with Gasteiger partial charge in [0.15, 0.2) is 0 Å². The largest absolute Gasteiger partial charge is 0.483 e. The smallest absolute Gasteiger partial charge is 0.313 e. The molecule has 0 spiro atoms. The summed E-state index contributed by atoms with van der Waals surface area (Å²) in [6, 6.07) is 2.71. The molecule has 17 heavy (non-hydrogen) atoms. The van der Waals surface area contributed by atoms with Crippen LogP contribution in [0.15, 0.2) is 16.6 Å². The fourth-order valence-electron chi connectivity index (χ4n) is 1.12. The van der Waals surface area contributed by atoms with Crippen LogP contribution in [0.3, 0.4) is 0 Å². The van der Waals surface area contributed by atoms with Gasteiger partial charge in [-0.2, -0.15) is 0 Å². The number of aliphatic hydroxyl groups is 1. The third-order valence-electron chi connectivity index (χ3n) is 2.08. The van der Waals surface area contributed by atoms with Crippen molar-refractivity contribution in [3.8, 4) is 5.75 Å². The Labute approximate surface area is 112 Å². The van der Waals surface area contributed by atoms with Crippen LogP contribution in [-0.4, -0.2) is 22.7 Å². The molecule has 1 unspecified atom stereocenters. The average Bonchev–Trinajstić information content (AvgIpc) is 2.26. The van der Waals surface area contributed by atoms with E-state index in [1.807, 2.05) is 0 Å². The molecule has 0 aromatic heterocycles. The monoisotopic (exact) mass is 323 g/mol.